The third-order valence-electron chi connectivity index (χ3n) is 2.20. The van der Waals surface area contributed by atoms with Crippen molar-refractivity contribution in [1.82, 2.24) is 0 Å². The van der Waals surface area contributed by atoms with Crippen LogP contribution in [0.5, 0.6) is 0 Å². The van der Waals surface area contributed by atoms with Crippen molar-refractivity contribution in [2.75, 3.05) is 13.2 Å². The summed E-state index contributed by atoms with van der Waals surface area (Å²) in [5.41, 5.74) is -1.88. The molecule has 0 amide bonds. The van der Waals surface area contributed by atoms with Crippen molar-refractivity contribution in [2.45, 2.75) is 25.4 Å². The molecule has 1 saturated heterocycles. The average Bonchev–Trinajstić information content (AvgIpc) is 2.37. The molecule has 1 rings (SSSR count). The molecule has 4 heteroatoms. The van der Waals surface area contributed by atoms with Gasteiger partial charge in [-0.25, -0.2) is 8.78 Å². The van der Waals surface area contributed by atoms with Crippen LogP contribution in [0.3, 0.4) is 0 Å². The Hall–Kier alpha value is -0.220. The molecule has 0 aromatic carbocycles. The molecular formula is C7H12F2O2. The van der Waals surface area contributed by atoms with Crippen LogP contribution in [0.1, 0.15) is 13.3 Å². The Labute approximate surface area is 64.2 Å². The van der Waals surface area contributed by atoms with Crippen molar-refractivity contribution in [1.29, 1.82) is 0 Å². The van der Waals surface area contributed by atoms with Gasteiger partial charge in [0, 0.05) is 12.5 Å². The average molecular weight is 166 g/mol. The molecule has 11 heavy (non-hydrogen) atoms. The maximum atomic E-state index is 12.2. The zero-order chi connectivity index (χ0) is 8.48. The number of ether oxygens (including phenoxy) is 1. The van der Waals surface area contributed by atoms with Crippen LogP contribution < -0.4 is 0 Å². The lowest BCUT2D eigenvalue weighted by Crippen LogP contribution is -2.42. The Morgan fingerprint density at radius 2 is 2.27 bits per heavy atom. The van der Waals surface area contributed by atoms with Crippen LogP contribution in [0.2, 0.25) is 0 Å². The highest BCUT2D eigenvalue weighted by Gasteiger charge is 2.42. The van der Waals surface area contributed by atoms with Gasteiger partial charge in [0.05, 0.1) is 6.61 Å². The summed E-state index contributed by atoms with van der Waals surface area (Å²) in [5, 5.41) is 9.26. The van der Waals surface area contributed by atoms with Gasteiger partial charge in [-0.05, 0) is 13.3 Å². The molecule has 0 aromatic rings. The van der Waals surface area contributed by atoms with Gasteiger partial charge in [0.2, 0.25) is 0 Å². The van der Waals surface area contributed by atoms with Crippen LogP contribution in [0.15, 0.2) is 0 Å². The normalized spacial score (nSPS) is 30.8. The molecule has 1 fully saturated rings. The van der Waals surface area contributed by atoms with Crippen molar-refractivity contribution < 1.29 is 18.6 Å². The SMILES string of the molecule is CC(O)(C(F)F)C1CCOC1. The van der Waals surface area contributed by atoms with E-state index >= 15 is 0 Å². The standard InChI is InChI=1S/C7H12F2O2/c1-7(10,6(8)9)5-2-3-11-4-5/h5-6,10H,2-4H2,1H3. The smallest absolute Gasteiger partial charge is 0.266 e. The number of aliphatic hydroxyl groups is 1. The van der Waals surface area contributed by atoms with Crippen molar-refractivity contribution in [3.63, 3.8) is 0 Å². The van der Waals surface area contributed by atoms with Crippen LogP contribution >= 0.6 is 0 Å². The summed E-state index contributed by atoms with van der Waals surface area (Å²) in [6.45, 7) is 1.89. The number of hydrogen-bond acceptors (Lipinski definition) is 2. The fraction of sp³-hybridized carbons (Fsp3) is 1.00. The van der Waals surface area contributed by atoms with Crippen molar-refractivity contribution in [3.8, 4) is 0 Å². The van der Waals surface area contributed by atoms with Crippen molar-refractivity contribution in [3.05, 3.63) is 0 Å². The first-order valence-corrected chi connectivity index (χ1v) is 3.63. The quantitative estimate of drug-likeness (QED) is 0.664. The number of alkyl halides is 2. The molecule has 1 aliphatic heterocycles. The summed E-state index contributed by atoms with van der Waals surface area (Å²) < 4.78 is 29.2. The van der Waals surface area contributed by atoms with Gasteiger partial charge in [-0.2, -0.15) is 0 Å². The van der Waals surface area contributed by atoms with E-state index in [0.29, 0.717) is 13.0 Å². The monoisotopic (exact) mass is 166 g/mol. The molecule has 1 aliphatic rings. The largest absolute Gasteiger partial charge is 0.384 e. The Balaban J connectivity index is 2.55. The molecule has 0 aromatic heterocycles. The van der Waals surface area contributed by atoms with Crippen LogP contribution in [-0.4, -0.2) is 30.3 Å². The molecule has 2 atom stereocenters. The minimum Gasteiger partial charge on any atom is -0.384 e. The van der Waals surface area contributed by atoms with E-state index in [1.54, 1.807) is 0 Å². The van der Waals surface area contributed by atoms with E-state index in [-0.39, 0.29) is 6.61 Å². The number of halogens is 2. The maximum Gasteiger partial charge on any atom is 0.266 e. The summed E-state index contributed by atoms with van der Waals surface area (Å²) in [4.78, 5) is 0. The number of hydrogen-bond donors (Lipinski definition) is 1. The molecule has 2 unspecified atom stereocenters. The van der Waals surface area contributed by atoms with E-state index in [1.165, 1.54) is 0 Å². The van der Waals surface area contributed by atoms with E-state index in [1.807, 2.05) is 0 Å². The van der Waals surface area contributed by atoms with E-state index in [0.717, 1.165) is 6.92 Å². The van der Waals surface area contributed by atoms with Crippen LogP contribution in [0, 0.1) is 5.92 Å². The van der Waals surface area contributed by atoms with Gasteiger partial charge >= 0.3 is 0 Å². The molecule has 0 saturated carbocycles. The van der Waals surface area contributed by atoms with Crippen molar-refractivity contribution in [2.24, 2.45) is 5.92 Å². The second-order valence-corrected chi connectivity index (χ2v) is 3.09. The second-order valence-electron chi connectivity index (χ2n) is 3.09. The molecule has 0 bridgehead atoms. The third-order valence-corrected chi connectivity index (χ3v) is 2.20. The minimum absolute atomic E-state index is 0.247. The van der Waals surface area contributed by atoms with Gasteiger partial charge in [-0.3, -0.25) is 0 Å². The predicted molar refractivity (Wildman–Crippen MR) is 35.6 cm³/mol. The minimum atomic E-state index is -2.69. The first-order chi connectivity index (χ1) is 5.05. The zero-order valence-electron chi connectivity index (χ0n) is 6.39. The van der Waals surface area contributed by atoms with Crippen LogP contribution in [0.25, 0.3) is 0 Å². The Bertz CT molecular complexity index is 130. The summed E-state index contributed by atoms with van der Waals surface area (Å²) in [7, 11) is 0. The van der Waals surface area contributed by atoms with Gasteiger partial charge in [0.1, 0.15) is 5.60 Å². The summed E-state index contributed by atoms with van der Waals surface area (Å²) in [5.74, 6) is -0.414. The highest BCUT2D eigenvalue weighted by atomic mass is 19.3. The van der Waals surface area contributed by atoms with Crippen LogP contribution in [-0.2, 0) is 4.74 Å². The molecule has 0 aliphatic carbocycles. The lowest BCUT2D eigenvalue weighted by Gasteiger charge is -2.27. The predicted octanol–water partition coefficient (Wildman–Crippen LogP) is 1.04. The Kier molecular flexibility index (Phi) is 2.44. The Morgan fingerprint density at radius 1 is 1.64 bits per heavy atom. The van der Waals surface area contributed by atoms with Gasteiger partial charge in [-0.15, -0.1) is 0 Å². The summed E-state index contributed by atoms with van der Waals surface area (Å²) in [6.07, 6.45) is -2.16. The third kappa shape index (κ3) is 1.68. The van der Waals surface area contributed by atoms with E-state index in [4.69, 9.17) is 4.74 Å². The van der Waals surface area contributed by atoms with E-state index in [2.05, 4.69) is 0 Å². The fourth-order valence-corrected chi connectivity index (χ4v) is 1.17. The van der Waals surface area contributed by atoms with Gasteiger partial charge < -0.3 is 9.84 Å². The first-order valence-electron chi connectivity index (χ1n) is 3.63. The molecular weight excluding hydrogens is 154 g/mol. The molecule has 0 radical (unpaired) electrons. The summed E-state index contributed by atoms with van der Waals surface area (Å²) >= 11 is 0. The summed E-state index contributed by atoms with van der Waals surface area (Å²) in [6, 6.07) is 0. The van der Waals surface area contributed by atoms with Gasteiger partial charge in [-0.1, -0.05) is 0 Å². The highest BCUT2D eigenvalue weighted by Crippen LogP contribution is 2.30. The lowest BCUT2D eigenvalue weighted by molar-refractivity contribution is -0.120. The van der Waals surface area contributed by atoms with E-state index in [9.17, 15) is 13.9 Å². The topological polar surface area (TPSA) is 29.5 Å². The highest BCUT2D eigenvalue weighted by molar-refractivity contribution is 4.86. The maximum absolute atomic E-state index is 12.2. The molecule has 66 valence electrons. The second kappa shape index (κ2) is 3.03. The number of rotatable bonds is 2. The van der Waals surface area contributed by atoms with E-state index < -0.39 is 17.9 Å². The molecule has 1 N–H and O–H groups in total. The Morgan fingerprint density at radius 3 is 2.64 bits per heavy atom. The first kappa shape index (κ1) is 8.87. The zero-order valence-corrected chi connectivity index (χ0v) is 6.39. The molecule has 2 nitrogen and oxygen atoms in total. The fourth-order valence-electron chi connectivity index (χ4n) is 1.17. The molecule has 0 spiro atoms. The lowest BCUT2D eigenvalue weighted by atomic mass is 9.89. The van der Waals surface area contributed by atoms with Crippen LogP contribution in [0.4, 0.5) is 8.78 Å². The van der Waals surface area contributed by atoms with Crippen molar-refractivity contribution >= 4 is 0 Å². The van der Waals surface area contributed by atoms with Gasteiger partial charge in [0.25, 0.3) is 6.43 Å². The van der Waals surface area contributed by atoms with Gasteiger partial charge in [0.15, 0.2) is 0 Å². The molecule has 1 heterocycles.